The highest BCUT2D eigenvalue weighted by atomic mass is 16.6. The summed E-state index contributed by atoms with van der Waals surface area (Å²) in [5.74, 6) is -0.883. The van der Waals surface area contributed by atoms with E-state index in [0.29, 0.717) is 19.3 Å². The van der Waals surface area contributed by atoms with Gasteiger partial charge in [0.2, 0.25) is 0 Å². The van der Waals surface area contributed by atoms with Crippen LogP contribution < -0.4 is 0 Å². The Kier molecular flexibility index (Phi) is 63.2. The second-order valence-electron chi connectivity index (χ2n) is 22.3. The van der Waals surface area contributed by atoms with Gasteiger partial charge in [-0.05, 0) is 116 Å². The SMILES string of the molecule is CC/C=C\C/C=C\C/C=C\C/C=C\C/C=C\CCCCCCCCCCCCCCCC(=O)OCC(COC(=O)CCCCCCC/C=C\CCCCCCCC)OC(=O)CCCCCCC/C=C\CCCCCCCCC. The molecule has 0 aromatic rings. The number of hydrogen-bond donors (Lipinski definition) is 0. The Morgan fingerprint density at radius 3 is 0.795 bits per heavy atom. The number of rotatable bonds is 61. The van der Waals surface area contributed by atoms with Crippen LogP contribution in [0.1, 0.15) is 335 Å². The molecule has 0 amide bonds. The molecule has 6 nitrogen and oxygen atoms in total. The van der Waals surface area contributed by atoms with E-state index in [2.05, 4.69) is 106 Å². The summed E-state index contributed by atoms with van der Waals surface area (Å²) >= 11 is 0. The molecular weight excluding hydrogens is 961 g/mol. The Morgan fingerprint density at radius 2 is 0.500 bits per heavy atom. The summed E-state index contributed by atoms with van der Waals surface area (Å²) in [5, 5.41) is 0. The topological polar surface area (TPSA) is 78.9 Å². The number of ether oxygens (including phenoxy) is 3. The van der Waals surface area contributed by atoms with Crippen molar-refractivity contribution in [3.8, 4) is 0 Å². The molecule has 0 spiro atoms. The zero-order valence-corrected chi connectivity index (χ0v) is 51.7. The van der Waals surface area contributed by atoms with Gasteiger partial charge < -0.3 is 14.2 Å². The van der Waals surface area contributed by atoms with Crippen LogP contribution in [-0.2, 0) is 28.6 Å². The molecule has 0 saturated heterocycles. The lowest BCUT2D eigenvalue weighted by Crippen LogP contribution is -2.30. The summed E-state index contributed by atoms with van der Waals surface area (Å²) in [5.41, 5.74) is 0. The Hall–Kier alpha value is -3.41. The highest BCUT2D eigenvalue weighted by Crippen LogP contribution is 2.16. The third-order valence-electron chi connectivity index (χ3n) is 14.6. The van der Waals surface area contributed by atoms with Crippen molar-refractivity contribution in [2.75, 3.05) is 13.2 Å². The van der Waals surface area contributed by atoms with E-state index < -0.39 is 6.10 Å². The van der Waals surface area contributed by atoms with Crippen molar-refractivity contribution in [3.63, 3.8) is 0 Å². The minimum atomic E-state index is -0.785. The molecule has 0 aromatic heterocycles. The third kappa shape index (κ3) is 63.4. The van der Waals surface area contributed by atoms with E-state index in [-0.39, 0.29) is 31.1 Å². The minimum absolute atomic E-state index is 0.0805. The van der Waals surface area contributed by atoms with Crippen molar-refractivity contribution in [3.05, 3.63) is 85.1 Å². The van der Waals surface area contributed by atoms with Gasteiger partial charge in [0.1, 0.15) is 13.2 Å². The highest BCUT2D eigenvalue weighted by molar-refractivity contribution is 5.71. The van der Waals surface area contributed by atoms with Gasteiger partial charge in [0.15, 0.2) is 6.10 Å². The van der Waals surface area contributed by atoms with Crippen molar-refractivity contribution in [1.82, 2.24) is 0 Å². The van der Waals surface area contributed by atoms with Crippen molar-refractivity contribution in [1.29, 1.82) is 0 Å². The largest absolute Gasteiger partial charge is 0.462 e. The molecule has 0 rings (SSSR count). The molecule has 0 aliphatic rings. The van der Waals surface area contributed by atoms with Crippen molar-refractivity contribution in [2.45, 2.75) is 341 Å². The molecule has 450 valence electrons. The van der Waals surface area contributed by atoms with Crippen molar-refractivity contribution >= 4 is 17.9 Å². The van der Waals surface area contributed by atoms with E-state index in [1.807, 2.05) is 0 Å². The molecule has 0 radical (unpaired) electrons. The minimum Gasteiger partial charge on any atom is -0.462 e. The first kappa shape index (κ1) is 74.6. The standard InChI is InChI=1S/C72H126O6/c1-4-7-10-13-16-19-22-25-28-30-31-32-33-34-35-36-37-38-39-40-41-42-45-47-50-53-56-59-62-65-71(74)77-68-69(67-76-70(73)64-61-58-55-52-49-46-43-27-24-21-18-15-12-9-6-3)78-72(75)66-63-60-57-54-51-48-44-29-26-23-20-17-14-11-8-5-2/h7,10,16,19,25,27-29,31-32,34-35,43-44,69H,4-6,8-9,11-15,17-18,20-24,26,30,33,36-42,45-68H2,1-3H3/b10-7-,19-16-,28-25-,32-31-,35-34-,43-27-,44-29-. The second-order valence-corrected chi connectivity index (χ2v) is 22.3. The first-order chi connectivity index (χ1) is 38.5. The molecule has 0 heterocycles. The fraction of sp³-hybridized carbons (Fsp3) is 0.764. The molecule has 6 heteroatoms. The molecule has 1 atom stereocenters. The lowest BCUT2D eigenvalue weighted by Gasteiger charge is -2.18. The molecule has 0 aliphatic heterocycles. The second kappa shape index (κ2) is 66.1. The van der Waals surface area contributed by atoms with Gasteiger partial charge in [-0.25, -0.2) is 0 Å². The van der Waals surface area contributed by atoms with Crippen LogP contribution in [0.3, 0.4) is 0 Å². The van der Waals surface area contributed by atoms with Crippen LogP contribution in [0.4, 0.5) is 0 Å². The van der Waals surface area contributed by atoms with E-state index in [4.69, 9.17) is 14.2 Å². The lowest BCUT2D eigenvalue weighted by atomic mass is 10.0. The van der Waals surface area contributed by atoms with Crippen molar-refractivity contribution < 1.29 is 28.6 Å². The summed E-state index contributed by atoms with van der Waals surface area (Å²) in [7, 11) is 0. The van der Waals surface area contributed by atoms with Crippen LogP contribution in [0, 0.1) is 0 Å². The van der Waals surface area contributed by atoms with Crippen LogP contribution in [0.5, 0.6) is 0 Å². The fourth-order valence-electron chi connectivity index (χ4n) is 9.58. The maximum Gasteiger partial charge on any atom is 0.306 e. The van der Waals surface area contributed by atoms with Gasteiger partial charge in [0.05, 0.1) is 0 Å². The van der Waals surface area contributed by atoms with E-state index in [1.165, 1.54) is 186 Å². The summed E-state index contributed by atoms with van der Waals surface area (Å²) in [6.45, 7) is 6.54. The average molecular weight is 1090 g/mol. The molecule has 0 bridgehead atoms. The predicted molar refractivity (Wildman–Crippen MR) is 339 cm³/mol. The van der Waals surface area contributed by atoms with Crippen LogP contribution in [-0.4, -0.2) is 37.2 Å². The molecule has 0 aliphatic carbocycles. The molecule has 0 N–H and O–H groups in total. The van der Waals surface area contributed by atoms with E-state index >= 15 is 0 Å². The highest BCUT2D eigenvalue weighted by Gasteiger charge is 2.19. The Morgan fingerprint density at radius 1 is 0.269 bits per heavy atom. The molecule has 0 fully saturated rings. The van der Waals surface area contributed by atoms with Crippen LogP contribution in [0.2, 0.25) is 0 Å². The quantitative estimate of drug-likeness (QED) is 0.0261. The average Bonchev–Trinajstić information content (AvgIpc) is 3.44. The number of esters is 3. The number of hydrogen-bond acceptors (Lipinski definition) is 6. The number of unbranched alkanes of at least 4 members (excludes halogenated alkanes) is 36. The van der Waals surface area contributed by atoms with Gasteiger partial charge in [0.25, 0.3) is 0 Å². The van der Waals surface area contributed by atoms with Gasteiger partial charge in [-0.3, -0.25) is 14.4 Å². The zero-order chi connectivity index (χ0) is 56.4. The van der Waals surface area contributed by atoms with Gasteiger partial charge in [-0.1, -0.05) is 286 Å². The van der Waals surface area contributed by atoms with Gasteiger partial charge in [-0.15, -0.1) is 0 Å². The smallest absolute Gasteiger partial charge is 0.306 e. The first-order valence-electron chi connectivity index (χ1n) is 33.6. The number of carbonyl (C=O) groups is 3. The Bertz CT molecular complexity index is 1480. The zero-order valence-electron chi connectivity index (χ0n) is 51.7. The van der Waals surface area contributed by atoms with Crippen LogP contribution in [0.15, 0.2) is 85.1 Å². The molecule has 1 unspecified atom stereocenters. The van der Waals surface area contributed by atoms with Gasteiger partial charge >= 0.3 is 17.9 Å². The van der Waals surface area contributed by atoms with Gasteiger partial charge in [0, 0.05) is 19.3 Å². The summed E-state index contributed by atoms with van der Waals surface area (Å²) in [6.07, 6.45) is 87.4. The molecule has 0 saturated carbocycles. The number of carbonyl (C=O) groups excluding carboxylic acids is 3. The lowest BCUT2D eigenvalue weighted by molar-refractivity contribution is -0.167. The molecule has 78 heavy (non-hydrogen) atoms. The Balaban J connectivity index is 4.27. The predicted octanol–water partition coefficient (Wildman–Crippen LogP) is 23.1. The summed E-state index contributed by atoms with van der Waals surface area (Å²) in [4.78, 5) is 38.3. The maximum absolute atomic E-state index is 12.9. The normalized spacial score (nSPS) is 12.6. The summed E-state index contributed by atoms with van der Waals surface area (Å²) in [6, 6.07) is 0. The fourth-order valence-corrected chi connectivity index (χ4v) is 9.58. The summed E-state index contributed by atoms with van der Waals surface area (Å²) < 4.78 is 16.9. The van der Waals surface area contributed by atoms with E-state index in [9.17, 15) is 14.4 Å². The van der Waals surface area contributed by atoms with Crippen LogP contribution in [0.25, 0.3) is 0 Å². The van der Waals surface area contributed by atoms with Crippen molar-refractivity contribution in [2.24, 2.45) is 0 Å². The Labute approximate surface area is 484 Å². The maximum atomic E-state index is 12.9. The number of allylic oxidation sites excluding steroid dienone is 14. The molecule has 0 aromatic carbocycles. The molecular formula is C72H126O6. The van der Waals surface area contributed by atoms with E-state index in [0.717, 1.165) is 109 Å². The monoisotopic (exact) mass is 1090 g/mol. The first-order valence-corrected chi connectivity index (χ1v) is 33.6. The van der Waals surface area contributed by atoms with Crippen LogP contribution >= 0.6 is 0 Å². The van der Waals surface area contributed by atoms with Gasteiger partial charge in [-0.2, -0.15) is 0 Å². The van der Waals surface area contributed by atoms with E-state index in [1.54, 1.807) is 0 Å². The third-order valence-corrected chi connectivity index (χ3v) is 14.6.